The molecule has 4 N–H and O–H groups in total. The van der Waals surface area contributed by atoms with Crippen LogP contribution in [0.1, 0.15) is 63.0 Å². The number of nitrogens with two attached hydrogens (primary N) is 1. The van der Waals surface area contributed by atoms with Crippen LogP contribution in [0.25, 0.3) is 0 Å². The SMILES string of the molecule is CN1C(=O)N(C)C2(CC3(CCC(n4c(=O)c(C(=N)N)c(O)n(C[C@@H]5CCCO5)c4=O)CC3)C2)C1=O. The van der Waals surface area contributed by atoms with Crippen molar-refractivity contribution in [1.82, 2.24) is 18.9 Å². The standard InChI is InChI=1S/C23H32N6O6/c1-26-19(32)23(27(2)20(26)33)11-22(12-23)7-5-13(6-8-22)29-18(31)15(16(24)25)17(30)28(21(29)34)10-14-4-3-9-35-14/h13-14,30H,3-12H2,1-2H3,(H3,24,25)/t13?,14-,22?,23?/m0/s1. The highest BCUT2D eigenvalue weighted by molar-refractivity contribution is 6.07. The van der Waals surface area contributed by atoms with E-state index in [-0.39, 0.29) is 35.6 Å². The van der Waals surface area contributed by atoms with Gasteiger partial charge in [0.25, 0.3) is 11.5 Å². The number of nitrogens with one attached hydrogen (secondary N) is 1. The summed E-state index contributed by atoms with van der Waals surface area (Å²) < 4.78 is 7.85. The van der Waals surface area contributed by atoms with E-state index in [2.05, 4.69) is 0 Å². The average Bonchev–Trinajstić information content (AvgIpc) is 3.36. The second kappa shape index (κ2) is 7.94. The second-order valence-electron chi connectivity index (χ2n) is 10.6. The fourth-order valence-electron chi connectivity index (χ4n) is 6.73. The number of carbonyl (C=O) groups is 2. The van der Waals surface area contributed by atoms with Crippen LogP contribution in [0.2, 0.25) is 0 Å². The van der Waals surface area contributed by atoms with Crippen LogP contribution < -0.4 is 17.0 Å². The van der Waals surface area contributed by atoms with Gasteiger partial charge in [0.05, 0.1) is 12.6 Å². The van der Waals surface area contributed by atoms with Crippen molar-refractivity contribution in [3.05, 3.63) is 26.4 Å². The maximum absolute atomic E-state index is 13.4. The highest BCUT2D eigenvalue weighted by atomic mass is 16.5. The second-order valence-corrected chi connectivity index (χ2v) is 10.6. The van der Waals surface area contributed by atoms with Gasteiger partial charge in [0, 0.05) is 26.7 Å². The summed E-state index contributed by atoms with van der Waals surface area (Å²) in [6.45, 7) is 0.658. The maximum Gasteiger partial charge on any atom is 0.334 e. The summed E-state index contributed by atoms with van der Waals surface area (Å²) in [4.78, 5) is 54.3. The molecular weight excluding hydrogens is 456 g/mol. The summed E-state index contributed by atoms with van der Waals surface area (Å²) in [6.07, 6.45) is 4.95. The van der Waals surface area contributed by atoms with Crippen molar-refractivity contribution in [3.8, 4) is 5.88 Å². The molecule has 2 saturated heterocycles. The number of imide groups is 1. The maximum atomic E-state index is 13.4. The van der Waals surface area contributed by atoms with Crippen LogP contribution in [0.5, 0.6) is 5.88 Å². The first-order valence-corrected chi connectivity index (χ1v) is 12.1. The first-order valence-electron chi connectivity index (χ1n) is 12.1. The van der Waals surface area contributed by atoms with Gasteiger partial charge in [0.1, 0.15) is 16.9 Å². The van der Waals surface area contributed by atoms with Gasteiger partial charge in [-0.05, 0) is 56.8 Å². The van der Waals surface area contributed by atoms with Gasteiger partial charge in [0.2, 0.25) is 5.88 Å². The number of ether oxygens (including phenoxy) is 1. The number of amidine groups is 1. The van der Waals surface area contributed by atoms with Gasteiger partial charge in [-0.2, -0.15) is 0 Å². The Morgan fingerprint density at radius 1 is 1.14 bits per heavy atom. The summed E-state index contributed by atoms with van der Waals surface area (Å²) in [5, 5.41) is 18.5. The summed E-state index contributed by atoms with van der Waals surface area (Å²) in [6, 6.07) is -0.703. The quantitative estimate of drug-likeness (QED) is 0.312. The third-order valence-corrected chi connectivity index (χ3v) is 8.66. The number of nitrogen functional groups attached to an aromatic ring is 1. The number of hydrogen-bond donors (Lipinski definition) is 3. The van der Waals surface area contributed by atoms with Crippen LogP contribution in [-0.2, 0) is 16.1 Å². The zero-order valence-electron chi connectivity index (χ0n) is 20.1. The van der Waals surface area contributed by atoms with Crippen molar-refractivity contribution in [2.75, 3.05) is 20.7 Å². The molecule has 3 amide bonds. The molecule has 1 aromatic heterocycles. The molecule has 4 aliphatic rings. The Labute approximate surface area is 201 Å². The molecule has 4 fully saturated rings. The number of likely N-dealkylation sites (N-methyl/N-ethyl adjacent to an activating group) is 2. The van der Waals surface area contributed by atoms with E-state index < -0.39 is 34.5 Å². The van der Waals surface area contributed by atoms with E-state index >= 15 is 0 Å². The molecule has 5 rings (SSSR count). The molecule has 0 radical (unpaired) electrons. The van der Waals surface area contributed by atoms with E-state index in [1.807, 2.05) is 0 Å². The third-order valence-electron chi connectivity index (χ3n) is 8.66. The summed E-state index contributed by atoms with van der Waals surface area (Å²) in [5.41, 5.74) is 2.96. The number of rotatable bonds is 4. The number of urea groups is 1. The van der Waals surface area contributed by atoms with Gasteiger partial charge in [-0.25, -0.2) is 9.59 Å². The van der Waals surface area contributed by atoms with Crippen LogP contribution in [-0.4, -0.2) is 74.2 Å². The molecule has 1 atom stereocenters. The number of aromatic nitrogens is 2. The fourth-order valence-corrected chi connectivity index (χ4v) is 6.73. The van der Waals surface area contributed by atoms with Gasteiger partial charge in [-0.3, -0.25) is 29.0 Å². The highest BCUT2D eigenvalue weighted by Crippen LogP contribution is 2.61. The van der Waals surface area contributed by atoms with Crippen LogP contribution >= 0.6 is 0 Å². The Morgan fingerprint density at radius 2 is 1.80 bits per heavy atom. The summed E-state index contributed by atoms with van der Waals surface area (Å²) in [7, 11) is 3.17. The van der Waals surface area contributed by atoms with Crippen LogP contribution in [0.3, 0.4) is 0 Å². The molecule has 190 valence electrons. The van der Waals surface area contributed by atoms with Gasteiger partial charge in [-0.1, -0.05) is 0 Å². The molecule has 3 heterocycles. The zero-order valence-corrected chi connectivity index (χ0v) is 20.1. The van der Waals surface area contributed by atoms with Gasteiger partial charge in [-0.15, -0.1) is 0 Å². The Hall–Kier alpha value is -3.15. The summed E-state index contributed by atoms with van der Waals surface area (Å²) in [5.74, 6) is -1.35. The Kier molecular flexibility index (Phi) is 5.35. The van der Waals surface area contributed by atoms with Crippen LogP contribution in [0.15, 0.2) is 9.59 Å². The molecule has 2 aliphatic heterocycles. The molecule has 1 aromatic rings. The molecule has 0 aromatic carbocycles. The largest absolute Gasteiger partial charge is 0.494 e. The molecular formula is C23H32N6O6. The number of carbonyl (C=O) groups excluding carboxylic acids is 2. The highest BCUT2D eigenvalue weighted by Gasteiger charge is 2.66. The normalized spacial score (nSPS) is 32.6. The molecule has 2 saturated carbocycles. The topological polar surface area (TPSA) is 164 Å². The monoisotopic (exact) mass is 488 g/mol. The van der Waals surface area contributed by atoms with Crippen molar-refractivity contribution in [2.45, 2.75) is 75.6 Å². The average molecular weight is 489 g/mol. The molecule has 12 heteroatoms. The predicted molar refractivity (Wildman–Crippen MR) is 124 cm³/mol. The van der Waals surface area contributed by atoms with Crippen molar-refractivity contribution in [2.24, 2.45) is 11.1 Å². The van der Waals surface area contributed by atoms with Gasteiger partial charge >= 0.3 is 11.7 Å². The lowest BCUT2D eigenvalue weighted by molar-refractivity contribution is -0.148. The van der Waals surface area contributed by atoms with Crippen molar-refractivity contribution >= 4 is 17.8 Å². The van der Waals surface area contributed by atoms with Gasteiger partial charge in [0.15, 0.2) is 0 Å². The lowest BCUT2D eigenvalue weighted by atomic mass is 9.51. The lowest BCUT2D eigenvalue weighted by Crippen LogP contribution is -2.63. The molecule has 0 bridgehead atoms. The number of amides is 3. The van der Waals surface area contributed by atoms with Crippen molar-refractivity contribution in [3.63, 3.8) is 0 Å². The molecule has 0 unspecified atom stereocenters. The molecule has 2 aliphatic carbocycles. The smallest absolute Gasteiger partial charge is 0.334 e. The fraction of sp³-hybridized carbons (Fsp3) is 0.696. The molecule has 12 nitrogen and oxygen atoms in total. The first-order chi connectivity index (χ1) is 16.5. The molecule has 35 heavy (non-hydrogen) atoms. The minimum absolute atomic E-state index is 0.0837. The van der Waals surface area contributed by atoms with E-state index in [0.29, 0.717) is 45.1 Å². The zero-order chi connectivity index (χ0) is 25.3. The first kappa shape index (κ1) is 23.6. The number of hydrogen-bond acceptors (Lipinski definition) is 7. The van der Waals surface area contributed by atoms with E-state index in [1.54, 1.807) is 11.9 Å². The van der Waals surface area contributed by atoms with Crippen LogP contribution in [0, 0.1) is 10.8 Å². The van der Waals surface area contributed by atoms with Crippen molar-refractivity contribution < 1.29 is 19.4 Å². The van der Waals surface area contributed by atoms with E-state index in [9.17, 15) is 24.3 Å². The summed E-state index contributed by atoms with van der Waals surface area (Å²) >= 11 is 0. The van der Waals surface area contributed by atoms with E-state index in [4.69, 9.17) is 15.9 Å². The Morgan fingerprint density at radius 3 is 2.31 bits per heavy atom. The lowest BCUT2D eigenvalue weighted by Gasteiger charge is -2.57. The third kappa shape index (κ3) is 3.33. The Balaban J connectivity index is 1.40. The van der Waals surface area contributed by atoms with E-state index in [0.717, 1.165) is 22.0 Å². The van der Waals surface area contributed by atoms with Crippen molar-refractivity contribution in [1.29, 1.82) is 5.41 Å². The minimum Gasteiger partial charge on any atom is -0.494 e. The number of nitrogens with zero attached hydrogens (tertiary/aromatic N) is 4. The van der Waals surface area contributed by atoms with Gasteiger partial charge < -0.3 is 20.5 Å². The minimum atomic E-state index is -0.788. The van der Waals surface area contributed by atoms with Crippen LogP contribution in [0.4, 0.5) is 4.79 Å². The predicted octanol–water partition coefficient (Wildman–Crippen LogP) is 0.337. The molecule has 2 spiro atoms. The Bertz CT molecular complexity index is 1210. The number of aromatic hydroxyl groups is 1. The van der Waals surface area contributed by atoms with E-state index in [1.165, 1.54) is 11.9 Å².